The Hall–Kier alpha value is -2.08. The molecule has 0 saturated carbocycles. The second-order valence-electron chi connectivity index (χ2n) is 4.29. The summed E-state index contributed by atoms with van der Waals surface area (Å²) in [7, 11) is 0. The van der Waals surface area contributed by atoms with Crippen LogP contribution in [0.5, 0.6) is 0 Å². The molecule has 0 fully saturated rings. The third-order valence-electron chi connectivity index (χ3n) is 2.76. The van der Waals surface area contributed by atoms with Crippen molar-refractivity contribution in [3.8, 4) is 11.1 Å². The first-order valence-electron chi connectivity index (χ1n) is 5.82. The molecule has 7 heteroatoms. The summed E-state index contributed by atoms with van der Waals surface area (Å²) in [6.45, 7) is 0. The Bertz CT molecular complexity index is 669. The monoisotopic (exact) mass is 315 g/mol. The van der Waals surface area contributed by atoms with Crippen LogP contribution >= 0.6 is 11.6 Å². The molecule has 1 heterocycles. The standard InChI is InChI=1S/C14H9ClF3NO2/c15-13-11(6-5-10(19-13)7-12(20)21)8-1-3-9(4-2-8)14(16,17)18/h1-6H,7H2,(H,20,21). The number of nitrogens with zero attached hydrogens (tertiary/aromatic N) is 1. The van der Waals surface area contributed by atoms with Crippen molar-refractivity contribution in [2.75, 3.05) is 0 Å². The molecule has 0 aliphatic heterocycles. The van der Waals surface area contributed by atoms with Crippen LogP contribution in [0.2, 0.25) is 5.15 Å². The maximum absolute atomic E-state index is 12.5. The van der Waals surface area contributed by atoms with Crippen molar-refractivity contribution < 1.29 is 23.1 Å². The summed E-state index contributed by atoms with van der Waals surface area (Å²) < 4.78 is 37.4. The van der Waals surface area contributed by atoms with Gasteiger partial charge in [0.1, 0.15) is 5.15 Å². The Balaban J connectivity index is 2.32. The highest BCUT2D eigenvalue weighted by Crippen LogP contribution is 2.32. The molecule has 2 rings (SSSR count). The fourth-order valence-corrected chi connectivity index (χ4v) is 2.06. The van der Waals surface area contributed by atoms with Crippen LogP contribution in [0.4, 0.5) is 13.2 Å². The Labute approximate surface area is 123 Å². The Morgan fingerprint density at radius 3 is 2.24 bits per heavy atom. The number of halogens is 4. The van der Waals surface area contributed by atoms with E-state index in [9.17, 15) is 18.0 Å². The molecular formula is C14H9ClF3NO2. The van der Waals surface area contributed by atoms with Crippen LogP contribution in [-0.4, -0.2) is 16.1 Å². The number of aromatic nitrogens is 1. The van der Waals surface area contributed by atoms with Gasteiger partial charge in [0.15, 0.2) is 0 Å². The minimum absolute atomic E-state index is 0.0495. The summed E-state index contributed by atoms with van der Waals surface area (Å²) in [6, 6.07) is 7.52. The van der Waals surface area contributed by atoms with Gasteiger partial charge in [0.2, 0.25) is 0 Å². The van der Waals surface area contributed by atoms with E-state index in [1.165, 1.54) is 24.3 Å². The molecule has 3 nitrogen and oxygen atoms in total. The van der Waals surface area contributed by atoms with Gasteiger partial charge in [-0.05, 0) is 29.8 Å². The number of hydrogen-bond acceptors (Lipinski definition) is 2. The Kier molecular flexibility index (Phi) is 4.18. The van der Waals surface area contributed by atoms with Gasteiger partial charge in [0.05, 0.1) is 17.7 Å². The van der Waals surface area contributed by atoms with Crippen LogP contribution in [0.3, 0.4) is 0 Å². The Morgan fingerprint density at radius 1 is 1.14 bits per heavy atom. The van der Waals surface area contributed by atoms with E-state index in [2.05, 4.69) is 4.98 Å². The van der Waals surface area contributed by atoms with Gasteiger partial charge in [0, 0.05) is 5.56 Å². The molecular weight excluding hydrogens is 307 g/mol. The van der Waals surface area contributed by atoms with Gasteiger partial charge in [-0.3, -0.25) is 4.79 Å². The molecule has 0 atom stereocenters. The van der Waals surface area contributed by atoms with Gasteiger partial charge in [0.25, 0.3) is 0 Å². The van der Waals surface area contributed by atoms with Gasteiger partial charge in [-0.15, -0.1) is 0 Å². The zero-order valence-electron chi connectivity index (χ0n) is 10.5. The Morgan fingerprint density at radius 2 is 1.76 bits per heavy atom. The maximum Gasteiger partial charge on any atom is 0.416 e. The number of carboxylic acids is 1. The van der Waals surface area contributed by atoms with Crippen molar-refractivity contribution in [1.29, 1.82) is 0 Å². The number of carboxylic acid groups (broad SMARTS) is 1. The van der Waals surface area contributed by atoms with Crippen LogP contribution in [0, 0.1) is 0 Å². The van der Waals surface area contributed by atoms with E-state index in [1.807, 2.05) is 0 Å². The molecule has 0 saturated heterocycles. The number of alkyl halides is 3. The van der Waals surface area contributed by atoms with E-state index < -0.39 is 17.7 Å². The third kappa shape index (κ3) is 3.72. The van der Waals surface area contributed by atoms with Crippen molar-refractivity contribution in [2.24, 2.45) is 0 Å². The molecule has 110 valence electrons. The lowest BCUT2D eigenvalue weighted by Crippen LogP contribution is -2.04. The van der Waals surface area contributed by atoms with Crippen LogP contribution in [0.25, 0.3) is 11.1 Å². The number of carbonyl (C=O) groups is 1. The van der Waals surface area contributed by atoms with Gasteiger partial charge in [-0.25, -0.2) is 4.98 Å². The molecule has 0 unspecified atom stereocenters. The van der Waals surface area contributed by atoms with Crippen molar-refractivity contribution in [3.05, 3.63) is 52.8 Å². The third-order valence-corrected chi connectivity index (χ3v) is 3.05. The molecule has 0 spiro atoms. The SMILES string of the molecule is O=C(O)Cc1ccc(-c2ccc(C(F)(F)F)cc2)c(Cl)n1. The molecule has 21 heavy (non-hydrogen) atoms. The van der Waals surface area contributed by atoms with Crippen molar-refractivity contribution in [1.82, 2.24) is 4.98 Å². The molecule has 2 aromatic rings. The average molecular weight is 316 g/mol. The largest absolute Gasteiger partial charge is 0.481 e. The lowest BCUT2D eigenvalue weighted by Gasteiger charge is -2.09. The van der Waals surface area contributed by atoms with Crippen molar-refractivity contribution in [2.45, 2.75) is 12.6 Å². The number of pyridine rings is 1. The van der Waals surface area contributed by atoms with Gasteiger partial charge >= 0.3 is 12.1 Å². The fourth-order valence-electron chi connectivity index (χ4n) is 1.78. The van der Waals surface area contributed by atoms with E-state index >= 15 is 0 Å². The summed E-state index contributed by atoms with van der Waals surface area (Å²) in [5.74, 6) is -1.04. The highest BCUT2D eigenvalue weighted by Gasteiger charge is 2.30. The summed E-state index contributed by atoms with van der Waals surface area (Å²) in [5.41, 5.74) is 0.447. The molecule has 0 aliphatic carbocycles. The van der Waals surface area contributed by atoms with Crippen molar-refractivity contribution >= 4 is 17.6 Å². The molecule has 0 amide bonds. The van der Waals surface area contributed by atoms with Gasteiger partial charge < -0.3 is 5.11 Å². The summed E-state index contributed by atoms with van der Waals surface area (Å²) in [4.78, 5) is 14.5. The number of hydrogen-bond donors (Lipinski definition) is 1. The van der Waals surface area contributed by atoms with Crippen LogP contribution in [0.15, 0.2) is 36.4 Å². The quantitative estimate of drug-likeness (QED) is 0.869. The average Bonchev–Trinajstić information content (AvgIpc) is 2.37. The van der Waals surface area contributed by atoms with E-state index in [0.29, 0.717) is 11.1 Å². The van der Waals surface area contributed by atoms with Crippen molar-refractivity contribution in [3.63, 3.8) is 0 Å². The van der Waals surface area contributed by atoms with Gasteiger partial charge in [-0.2, -0.15) is 13.2 Å². The lowest BCUT2D eigenvalue weighted by molar-refractivity contribution is -0.138. The first-order valence-corrected chi connectivity index (χ1v) is 6.20. The second kappa shape index (κ2) is 5.73. The number of aliphatic carboxylic acids is 1. The zero-order valence-corrected chi connectivity index (χ0v) is 11.2. The van der Waals surface area contributed by atoms with Crippen LogP contribution < -0.4 is 0 Å². The number of rotatable bonds is 3. The van der Waals surface area contributed by atoms with Crippen LogP contribution in [0.1, 0.15) is 11.3 Å². The smallest absolute Gasteiger partial charge is 0.416 e. The topological polar surface area (TPSA) is 50.2 Å². The normalized spacial score (nSPS) is 11.4. The van der Waals surface area contributed by atoms with E-state index in [-0.39, 0.29) is 17.3 Å². The molecule has 0 radical (unpaired) electrons. The molecule has 1 N–H and O–H groups in total. The highest BCUT2D eigenvalue weighted by atomic mass is 35.5. The fraction of sp³-hybridized carbons (Fsp3) is 0.143. The van der Waals surface area contributed by atoms with Gasteiger partial charge in [-0.1, -0.05) is 23.7 Å². The van der Waals surface area contributed by atoms with E-state index in [4.69, 9.17) is 16.7 Å². The summed E-state index contributed by atoms with van der Waals surface area (Å²) in [6.07, 6.45) is -4.67. The lowest BCUT2D eigenvalue weighted by atomic mass is 10.0. The van der Waals surface area contributed by atoms with E-state index in [0.717, 1.165) is 12.1 Å². The first kappa shape index (κ1) is 15.3. The highest BCUT2D eigenvalue weighted by molar-refractivity contribution is 6.32. The second-order valence-corrected chi connectivity index (χ2v) is 4.64. The molecule has 0 bridgehead atoms. The summed E-state index contributed by atoms with van der Waals surface area (Å²) in [5, 5.41) is 8.71. The predicted molar refractivity (Wildman–Crippen MR) is 71.0 cm³/mol. The molecule has 1 aromatic carbocycles. The maximum atomic E-state index is 12.5. The summed E-state index contributed by atoms with van der Waals surface area (Å²) >= 11 is 5.95. The van der Waals surface area contributed by atoms with Crippen LogP contribution in [-0.2, 0) is 17.4 Å². The number of benzene rings is 1. The molecule has 1 aromatic heterocycles. The minimum Gasteiger partial charge on any atom is -0.481 e. The molecule has 0 aliphatic rings. The minimum atomic E-state index is -4.40. The van der Waals surface area contributed by atoms with E-state index in [1.54, 1.807) is 0 Å². The zero-order chi connectivity index (χ0) is 15.6. The predicted octanol–water partition coefficient (Wildman–Crippen LogP) is 4.05. The first-order chi connectivity index (χ1) is 9.77.